The molecule has 0 fully saturated rings. The molecule has 0 radical (unpaired) electrons. The highest BCUT2D eigenvalue weighted by Gasteiger charge is 2.12. The summed E-state index contributed by atoms with van der Waals surface area (Å²) < 4.78 is 1.99. The smallest absolute Gasteiger partial charge is 0.187 e. The average Bonchev–Trinajstić information content (AvgIpc) is 2.40. The molecule has 3 nitrogen and oxygen atoms in total. The Balaban J connectivity index is 2.49. The van der Waals surface area contributed by atoms with E-state index in [1.807, 2.05) is 41.0 Å². The van der Waals surface area contributed by atoms with Gasteiger partial charge in [-0.25, -0.2) is 0 Å². The van der Waals surface area contributed by atoms with Crippen molar-refractivity contribution in [2.45, 2.75) is 6.54 Å². The first-order valence-electron chi connectivity index (χ1n) is 5.93. The molecule has 2 aliphatic rings. The highest BCUT2D eigenvalue weighted by Crippen LogP contribution is 2.25. The summed E-state index contributed by atoms with van der Waals surface area (Å²) in [5.74, 6) is 0. The van der Waals surface area contributed by atoms with Gasteiger partial charge in [-0.15, -0.1) is 0 Å². The second-order valence-corrected chi connectivity index (χ2v) is 4.27. The molecule has 18 heavy (non-hydrogen) atoms. The molecule has 0 bridgehead atoms. The molecule has 1 N–H and O–H groups in total. The Bertz CT molecular complexity index is 730. The number of rotatable bonds is 2. The monoisotopic (exact) mass is 239 g/mol. The molecule has 0 aromatic heterocycles. The molecule has 0 spiro atoms. The van der Waals surface area contributed by atoms with E-state index in [9.17, 15) is 9.90 Å². The second-order valence-electron chi connectivity index (χ2n) is 4.27. The van der Waals surface area contributed by atoms with Crippen LogP contribution in [0.2, 0.25) is 0 Å². The summed E-state index contributed by atoms with van der Waals surface area (Å²) in [6.45, 7) is 0.540. The van der Waals surface area contributed by atoms with Gasteiger partial charge in [0.1, 0.15) is 0 Å². The lowest BCUT2D eigenvalue weighted by Gasteiger charge is -2.17. The van der Waals surface area contributed by atoms with Gasteiger partial charge in [0.15, 0.2) is 5.43 Å². The number of nitrogens with zero attached hydrogens (tertiary/aromatic N) is 1. The van der Waals surface area contributed by atoms with E-state index >= 15 is 0 Å². The fourth-order valence-corrected chi connectivity index (χ4v) is 2.39. The van der Waals surface area contributed by atoms with Crippen LogP contribution in [0, 0.1) is 0 Å². The van der Waals surface area contributed by atoms with Gasteiger partial charge in [0.2, 0.25) is 0 Å². The van der Waals surface area contributed by atoms with Crippen LogP contribution in [-0.4, -0.2) is 16.3 Å². The number of aliphatic hydroxyl groups excluding tert-OH is 1. The second kappa shape index (κ2) is 4.27. The van der Waals surface area contributed by atoms with E-state index in [0.29, 0.717) is 12.1 Å². The van der Waals surface area contributed by atoms with Crippen molar-refractivity contribution in [1.82, 2.24) is 4.57 Å². The lowest BCUT2D eigenvalue weighted by molar-refractivity contribution is 0.278. The maximum absolute atomic E-state index is 11.9. The van der Waals surface area contributed by atoms with Crippen molar-refractivity contribution in [2.24, 2.45) is 0 Å². The Morgan fingerprint density at radius 3 is 2.72 bits per heavy atom. The summed E-state index contributed by atoms with van der Waals surface area (Å²) in [6, 6.07) is 15.1. The first-order chi connectivity index (χ1) is 8.81. The summed E-state index contributed by atoms with van der Waals surface area (Å²) in [5.41, 5.74) is 2.62. The third-order valence-corrected chi connectivity index (χ3v) is 3.18. The van der Waals surface area contributed by atoms with E-state index in [4.69, 9.17) is 0 Å². The Labute approximate surface area is 104 Å². The fraction of sp³-hybridized carbons (Fsp3) is 0.133. The molecule has 1 aliphatic heterocycles. The molecular formula is C15H13NO2. The van der Waals surface area contributed by atoms with Gasteiger partial charge < -0.3 is 9.67 Å². The minimum absolute atomic E-state index is 0.0185. The molecule has 1 aromatic rings. The Kier molecular flexibility index (Phi) is 2.61. The molecule has 0 atom stereocenters. The van der Waals surface area contributed by atoms with Gasteiger partial charge in [0, 0.05) is 17.6 Å². The molecule has 0 saturated heterocycles. The quantitative estimate of drug-likeness (QED) is 0.696. The van der Waals surface area contributed by atoms with E-state index in [2.05, 4.69) is 0 Å². The highest BCUT2D eigenvalue weighted by atomic mass is 16.3. The minimum atomic E-state index is 0.0185. The van der Waals surface area contributed by atoms with Gasteiger partial charge in [0.05, 0.1) is 12.3 Å². The minimum Gasteiger partial charge on any atom is -0.395 e. The van der Waals surface area contributed by atoms with Crippen LogP contribution in [0.15, 0.2) is 53.3 Å². The van der Waals surface area contributed by atoms with E-state index in [-0.39, 0.29) is 12.0 Å². The Morgan fingerprint density at radius 1 is 1.06 bits per heavy atom. The third kappa shape index (κ3) is 1.60. The molecule has 1 aromatic carbocycles. The van der Waals surface area contributed by atoms with Crippen LogP contribution in [0.3, 0.4) is 0 Å². The third-order valence-electron chi connectivity index (χ3n) is 3.18. The molecule has 0 saturated carbocycles. The van der Waals surface area contributed by atoms with Crippen LogP contribution in [0.4, 0.5) is 0 Å². The molecule has 3 heteroatoms. The maximum Gasteiger partial charge on any atom is 0.187 e. The average molecular weight is 239 g/mol. The SMILES string of the molecule is O=c1cccc2n(CCO)c3ccccc3cc1-2. The van der Waals surface area contributed by atoms with Crippen LogP contribution in [0.25, 0.3) is 22.2 Å². The predicted octanol–water partition coefficient (Wildman–Crippen LogP) is 2.10. The van der Waals surface area contributed by atoms with Crippen LogP contribution in [0.1, 0.15) is 0 Å². The molecular weight excluding hydrogens is 226 g/mol. The van der Waals surface area contributed by atoms with Crippen molar-refractivity contribution < 1.29 is 5.11 Å². The Morgan fingerprint density at radius 2 is 1.89 bits per heavy atom. The van der Waals surface area contributed by atoms with Gasteiger partial charge in [-0.05, 0) is 29.7 Å². The number of aromatic nitrogens is 1. The van der Waals surface area contributed by atoms with Crippen molar-refractivity contribution in [3.05, 3.63) is 58.8 Å². The molecule has 0 unspecified atom stereocenters. The van der Waals surface area contributed by atoms with E-state index in [0.717, 1.165) is 16.6 Å². The summed E-state index contributed by atoms with van der Waals surface area (Å²) in [5, 5.41) is 10.2. The van der Waals surface area contributed by atoms with Gasteiger partial charge in [0.25, 0.3) is 0 Å². The van der Waals surface area contributed by atoms with Crippen LogP contribution >= 0.6 is 0 Å². The number of fused-ring (bicyclic) bond motifs is 2. The van der Waals surface area contributed by atoms with Crippen LogP contribution in [0.5, 0.6) is 0 Å². The van der Waals surface area contributed by atoms with Crippen LogP contribution < -0.4 is 5.43 Å². The zero-order chi connectivity index (χ0) is 12.5. The number of para-hydroxylation sites is 1. The van der Waals surface area contributed by atoms with Crippen molar-refractivity contribution in [1.29, 1.82) is 0 Å². The van der Waals surface area contributed by atoms with Gasteiger partial charge in [-0.3, -0.25) is 4.79 Å². The van der Waals surface area contributed by atoms with Crippen molar-refractivity contribution in [3.63, 3.8) is 0 Å². The number of hydrogen-bond acceptors (Lipinski definition) is 2. The highest BCUT2D eigenvalue weighted by molar-refractivity contribution is 5.86. The molecule has 90 valence electrons. The number of hydrogen-bond donors (Lipinski definition) is 1. The summed E-state index contributed by atoms with van der Waals surface area (Å²) >= 11 is 0. The summed E-state index contributed by atoms with van der Waals surface area (Å²) in [4.78, 5) is 11.9. The number of pyridine rings is 1. The van der Waals surface area contributed by atoms with E-state index in [1.165, 1.54) is 0 Å². The lowest BCUT2D eigenvalue weighted by atomic mass is 10.0. The summed E-state index contributed by atoms with van der Waals surface area (Å²) in [6.07, 6.45) is 0. The maximum atomic E-state index is 11.9. The van der Waals surface area contributed by atoms with Gasteiger partial charge in [-0.2, -0.15) is 0 Å². The normalized spacial score (nSPS) is 11.2. The van der Waals surface area contributed by atoms with Crippen LogP contribution in [-0.2, 0) is 6.54 Å². The Hall–Kier alpha value is -2.13. The van der Waals surface area contributed by atoms with Crippen molar-refractivity contribution in [3.8, 4) is 11.3 Å². The first kappa shape index (κ1) is 11.0. The standard InChI is InChI=1S/C15H13NO2/c17-9-8-16-13-5-2-1-4-11(13)10-12-14(16)6-3-7-15(12)18/h1-7,10,17H,8-9H2. The number of aliphatic hydroxyl groups is 1. The molecule has 1 heterocycles. The van der Waals surface area contributed by atoms with E-state index < -0.39 is 0 Å². The molecule has 0 amide bonds. The fourth-order valence-electron chi connectivity index (χ4n) is 2.39. The number of benzene rings is 2. The largest absolute Gasteiger partial charge is 0.395 e. The van der Waals surface area contributed by atoms with Crippen molar-refractivity contribution >= 4 is 10.9 Å². The zero-order valence-electron chi connectivity index (χ0n) is 9.84. The zero-order valence-corrected chi connectivity index (χ0v) is 9.84. The van der Waals surface area contributed by atoms with Gasteiger partial charge in [-0.1, -0.05) is 24.3 Å². The predicted molar refractivity (Wildman–Crippen MR) is 71.9 cm³/mol. The topological polar surface area (TPSA) is 42.2 Å². The van der Waals surface area contributed by atoms with Crippen molar-refractivity contribution in [2.75, 3.05) is 6.61 Å². The molecule has 1 aliphatic carbocycles. The molecule has 3 rings (SSSR count). The van der Waals surface area contributed by atoms with Gasteiger partial charge >= 0.3 is 0 Å². The van der Waals surface area contributed by atoms with E-state index in [1.54, 1.807) is 12.1 Å². The lowest BCUT2D eigenvalue weighted by Crippen LogP contribution is -2.13. The summed E-state index contributed by atoms with van der Waals surface area (Å²) in [7, 11) is 0. The first-order valence-corrected chi connectivity index (χ1v) is 5.93.